The van der Waals surface area contributed by atoms with Crippen LogP contribution >= 0.6 is 0 Å². The highest BCUT2D eigenvalue weighted by molar-refractivity contribution is 5.45. The van der Waals surface area contributed by atoms with Crippen LogP contribution in [-0.4, -0.2) is 11.2 Å². The fourth-order valence-corrected chi connectivity index (χ4v) is 1.61. The van der Waals surface area contributed by atoms with Crippen LogP contribution in [-0.2, 0) is 0 Å². The fourth-order valence-electron chi connectivity index (χ4n) is 1.61. The van der Waals surface area contributed by atoms with Gasteiger partial charge in [-0.1, -0.05) is 26.8 Å². The molecule has 1 aromatic carbocycles. The molecule has 0 unspecified atom stereocenters. The van der Waals surface area contributed by atoms with Gasteiger partial charge in [0.25, 0.3) is 0 Å². The minimum atomic E-state index is -0.194. The molecular formula is C18H29O2. The second-order valence-electron chi connectivity index (χ2n) is 6.43. The highest BCUT2D eigenvalue weighted by atomic mass is 16.5. The van der Waals surface area contributed by atoms with Crippen LogP contribution in [0.3, 0.4) is 0 Å². The average Bonchev–Trinajstić information content (AvgIpc) is 2.40. The van der Waals surface area contributed by atoms with Crippen molar-refractivity contribution in [3.8, 4) is 11.5 Å². The third-order valence-corrected chi connectivity index (χ3v) is 3.78. The molecule has 0 N–H and O–H groups in total. The molecule has 0 aliphatic rings. The van der Waals surface area contributed by atoms with Crippen LogP contribution in [0.25, 0.3) is 0 Å². The van der Waals surface area contributed by atoms with Gasteiger partial charge >= 0.3 is 0 Å². The Morgan fingerprint density at radius 2 is 1.40 bits per heavy atom. The monoisotopic (exact) mass is 277 g/mol. The molecule has 0 aromatic heterocycles. The van der Waals surface area contributed by atoms with Gasteiger partial charge in [-0.05, 0) is 64.7 Å². The van der Waals surface area contributed by atoms with Crippen molar-refractivity contribution in [3.63, 3.8) is 0 Å². The molecule has 2 heteroatoms. The van der Waals surface area contributed by atoms with E-state index in [1.165, 1.54) is 0 Å². The standard InChI is InChI=1S/C18H29O2/c1-8-14-11-12-15(19-17(4,5)9-2)16(13-14)20-18(6,7)10-3/h8,11-13H,9-10H2,1-7H3. The molecule has 1 aromatic rings. The first-order chi connectivity index (χ1) is 9.23. The zero-order valence-electron chi connectivity index (χ0n) is 14.0. The Bertz CT molecular complexity index is 433. The first kappa shape index (κ1) is 16.9. The second kappa shape index (κ2) is 6.51. The Hall–Kier alpha value is -1.18. The summed E-state index contributed by atoms with van der Waals surface area (Å²) in [5.41, 5.74) is 0.765. The Morgan fingerprint density at radius 1 is 0.900 bits per heavy atom. The van der Waals surface area contributed by atoms with Crippen molar-refractivity contribution in [1.29, 1.82) is 0 Å². The predicted molar refractivity (Wildman–Crippen MR) is 85.5 cm³/mol. The molecule has 20 heavy (non-hydrogen) atoms. The number of benzene rings is 1. The van der Waals surface area contributed by atoms with Gasteiger partial charge in [-0.15, -0.1) is 0 Å². The van der Waals surface area contributed by atoms with Crippen molar-refractivity contribution in [2.75, 3.05) is 0 Å². The second-order valence-corrected chi connectivity index (χ2v) is 6.43. The molecule has 1 radical (unpaired) electrons. The zero-order chi connectivity index (χ0) is 15.4. The molecule has 0 aliphatic carbocycles. The van der Waals surface area contributed by atoms with E-state index in [9.17, 15) is 0 Å². The highest BCUT2D eigenvalue weighted by Crippen LogP contribution is 2.35. The first-order valence-electron chi connectivity index (χ1n) is 7.54. The molecule has 2 nitrogen and oxygen atoms in total. The largest absolute Gasteiger partial charge is 0.484 e. The van der Waals surface area contributed by atoms with Crippen LogP contribution in [0.5, 0.6) is 11.5 Å². The summed E-state index contributed by atoms with van der Waals surface area (Å²) < 4.78 is 12.3. The minimum absolute atomic E-state index is 0.189. The predicted octanol–water partition coefficient (Wildman–Crippen LogP) is 5.39. The minimum Gasteiger partial charge on any atom is -0.484 e. The van der Waals surface area contributed by atoms with Crippen LogP contribution in [0.1, 0.15) is 66.9 Å². The van der Waals surface area contributed by atoms with Gasteiger partial charge in [-0.2, -0.15) is 0 Å². The van der Waals surface area contributed by atoms with E-state index in [-0.39, 0.29) is 11.2 Å². The third-order valence-electron chi connectivity index (χ3n) is 3.78. The lowest BCUT2D eigenvalue weighted by atomic mass is 10.1. The molecule has 0 fully saturated rings. The normalized spacial score (nSPS) is 12.3. The smallest absolute Gasteiger partial charge is 0.162 e. The van der Waals surface area contributed by atoms with Crippen LogP contribution in [0, 0.1) is 6.42 Å². The molecule has 113 valence electrons. The van der Waals surface area contributed by atoms with Gasteiger partial charge in [0.1, 0.15) is 11.2 Å². The summed E-state index contributed by atoms with van der Waals surface area (Å²) in [6.45, 7) is 14.7. The van der Waals surface area contributed by atoms with Crippen molar-refractivity contribution in [3.05, 3.63) is 30.2 Å². The molecule has 0 spiro atoms. The summed E-state index contributed by atoms with van der Waals surface area (Å²) >= 11 is 0. The molecule has 0 saturated heterocycles. The van der Waals surface area contributed by atoms with E-state index < -0.39 is 0 Å². The molecule has 1 rings (SSSR count). The fraction of sp³-hybridized carbons (Fsp3) is 0.611. The van der Waals surface area contributed by atoms with E-state index >= 15 is 0 Å². The van der Waals surface area contributed by atoms with E-state index in [1.54, 1.807) is 0 Å². The van der Waals surface area contributed by atoms with Crippen LogP contribution in [0.4, 0.5) is 0 Å². The highest BCUT2D eigenvalue weighted by Gasteiger charge is 2.23. The summed E-state index contributed by atoms with van der Waals surface area (Å²) in [7, 11) is 0. The van der Waals surface area contributed by atoms with Gasteiger partial charge in [-0.25, -0.2) is 0 Å². The maximum atomic E-state index is 6.17. The first-order valence-corrected chi connectivity index (χ1v) is 7.54. The number of rotatable bonds is 7. The van der Waals surface area contributed by atoms with Gasteiger partial charge in [-0.3, -0.25) is 0 Å². The Morgan fingerprint density at radius 3 is 1.85 bits per heavy atom. The van der Waals surface area contributed by atoms with Gasteiger partial charge in [0.05, 0.1) is 0 Å². The van der Waals surface area contributed by atoms with E-state index in [0.29, 0.717) is 0 Å². The number of ether oxygens (including phenoxy) is 2. The lowest BCUT2D eigenvalue weighted by Gasteiger charge is -2.30. The lowest BCUT2D eigenvalue weighted by molar-refractivity contribution is 0.0728. The van der Waals surface area contributed by atoms with Crippen LogP contribution in [0.15, 0.2) is 18.2 Å². The van der Waals surface area contributed by atoms with Crippen LogP contribution in [0.2, 0.25) is 0 Å². The summed E-state index contributed by atoms with van der Waals surface area (Å²) in [6, 6.07) is 6.12. The number of hydrogen-bond acceptors (Lipinski definition) is 2. The summed E-state index contributed by atoms with van der Waals surface area (Å²) in [5, 5.41) is 0. The molecule has 0 saturated carbocycles. The van der Waals surface area contributed by atoms with Gasteiger partial charge in [0.15, 0.2) is 11.5 Å². The SMILES string of the molecule is C[CH]c1ccc(OC(C)(C)CC)c(OC(C)(C)CC)c1. The van der Waals surface area contributed by atoms with Crippen molar-refractivity contribution in [1.82, 2.24) is 0 Å². The van der Waals surface area contributed by atoms with E-state index in [0.717, 1.165) is 29.9 Å². The number of hydrogen-bond donors (Lipinski definition) is 0. The van der Waals surface area contributed by atoms with Crippen LogP contribution < -0.4 is 9.47 Å². The Balaban J connectivity index is 3.10. The van der Waals surface area contributed by atoms with Crippen molar-refractivity contribution < 1.29 is 9.47 Å². The summed E-state index contributed by atoms with van der Waals surface area (Å²) in [5.74, 6) is 1.65. The topological polar surface area (TPSA) is 18.5 Å². The molecule has 0 aliphatic heterocycles. The lowest BCUT2D eigenvalue weighted by Crippen LogP contribution is -2.30. The third kappa shape index (κ3) is 4.73. The van der Waals surface area contributed by atoms with E-state index in [4.69, 9.17) is 9.47 Å². The van der Waals surface area contributed by atoms with E-state index in [2.05, 4.69) is 60.1 Å². The van der Waals surface area contributed by atoms with Crippen molar-refractivity contribution in [2.24, 2.45) is 0 Å². The molecule has 0 bridgehead atoms. The van der Waals surface area contributed by atoms with Gasteiger partial charge in [0.2, 0.25) is 0 Å². The molecular weight excluding hydrogens is 248 g/mol. The average molecular weight is 277 g/mol. The van der Waals surface area contributed by atoms with Gasteiger partial charge < -0.3 is 9.47 Å². The quantitative estimate of drug-likeness (QED) is 0.665. The molecule has 0 heterocycles. The summed E-state index contributed by atoms with van der Waals surface area (Å²) in [6.07, 6.45) is 3.97. The Kier molecular flexibility index (Phi) is 5.50. The maximum Gasteiger partial charge on any atom is 0.162 e. The van der Waals surface area contributed by atoms with Crippen molar-refractivity contribution in [2.45, 2.75) is 72.5 Å². The van der Waals surface area contributed by atoms with Crippen molar-refractivity contribution >= 4 is 0 Å². The Labute approximate surface area is 124 Å². The maximum absolute atomic E-state index is 6.17. The van der Waals surface area contributed by atoms with Gasteiger partial charge in [0, 0.05) is 0 Å². The molecule has 0 amide bonds. The molecule has 0 atom stereocenters. The summed E-state index contributed by atoms with van der Waals surface area (Å²) in [4.78, 5) is 0. The van der Waals surface area contributed by atoms with E-state index in [1.807, 2.05) is 13.0 Å². The zero-order valence-corrected chi connectivity index (χ0v) is 14.0.